The van der Waals surface area contributed by atoms with E-state index in [0.717, 1.165) is 0 Å². The van der Waals surface area contributed by atoms with Crippen LogP contribution in [-0.4, -0.2) is 39.7 Å². The molecule has 1 unspecified atom stereocenters. The van der Waals surface area contributed by atoms with Gasteiger partial charge in [0.05, 0.1) is 18.0 Å². The maximum Gasteiger partial charge on any atom is 0.322 e. The number of phenols is 2. The van der Waals surface area contributed by atoms with Gasteiger partial charge in [-0.05, 0) is 24.6 Å². The van der Waals surface area contributed by atoms with E-state index in [-0.39, 0.29) is 29.4 Å². The fourth-order valence-electron chi connectivity index (χ4n) is 1.92. The van der Waals surface area contributed by atoms with Gasteiger partial charge in [0.25, 0.3) is 0 Å². The Labute approximate surface area is 126 Å². The summed E-state index contributed by atoms with van der Waals surface area (Å²) in [4.78, 5) is 25.7. The molecule has 0 saturated carbocycles. The van der Waals surface area contributed by atoms with E-state index >= 15 is 0 Å². The zero-order valence-corrected chi connectivity index (χ0v) is 11.9. The van der Waals surface area contributed by atoms with E-state index in [0.29, 0.717) is 5.56 Å². The van der Waals surface area contributed by atoms with Gasteiger partial charge in [0.1, 0.15) is 18.0 Å². The predicted molar refractivity (Wildman–Crippen MR) is 78.3 cm³/mol. The quantitative estimate of drug-likeness (QED) is 0.294. The smallest absolute Gasteiger partial charge is 0.322 e. The Balaban J connectivity index is 2.92. The van der Waals surface area contributed by atoms with Gasteiger partial charge in [-0.2, -0.15) is 0 Å². The number of aliphatic imine (C=N–C) groups is 1. The molecule has 1 rings (SSSR count). The summed E-state index contributed by atoms with van der Waals surface area (Å²) >= 11 is 0. The molecule has 0 bridgehead atoms. The summed E-state index contributed by atoms with van der Waals surface area (Å²) in [5.41, 5.74) is 10.9. The Morgan fingerprint density at radius 2 is 1.82 bits per heavy atom. The molecule has 0 aliphatic heterocycles. The third-order valence-corrected chi connectivity index (χ3v) is 2.76. The highest BCUT2D eigenvalue weighted by atomic mass is 16.4. The van der Waals surface area contributed by atoms with Gasteiger partial charge in [0.15, 0.2) is 5.96 Å². The molecule has 1 atom stereocenters. The zero-order valence-electron chi connectivity index (χ0n) is 11.9. The van der Waals surface area contributed by atoms with Crippen LogP contribution in [0, 0.1) is 0 Å². The molecule has 1 aromatic rings. The summed E-state index contributed by atoms with van der Waals surface area (Å²) in [7, 11) is 0. The number of amides is 1. The molecule has 1 aromatic carbocycles. The highest BCUT2D eigenvalue weighted by Gasteiger charge is 2.17. The van der Waals surface area contributed by atoms with Crippen LogP contribution in [0.4, 0.5) is 0 Å². The molecule has 0 aliphatic rings. The van der Waals surface area contributed by atoms with Crippen LogP contribution in [0.3, 0.4) is 0 Å². The number of guanidine groups is 1. The standard InChI is InChI=1S/C13H18N4O5/c1-6(17-13(14)15)12-8(18)2-7(3-9(12)19)4-10(20)16-5-11(21)22/h2-3,6,18-19H,4-5H2,1H3,(H,16,20)(H,21,22)(H4,14,15,17). The van der Waals surface area contributed by atoms with Gasteiger partial charge in [-0.3, -0.25) is 9.59 Å². The summed E-state index contributed by atoms with van der Waals surface area (Å²) in [5, 5.41) is 30.5. The molecule has 9 heteroatoms. The van der Waals surface area contributed by atoms with Gasteiger partial charge in [0.2, 0.25) is 5.91 Å². The first-order valence-corrected chi connectivity index (χ1v) is 6.32. The van der Waals surface area contributed by atoms with Crippen molar-refractivity contribution in [2.24, 2.45) is 16.5 Å². The van der Waals surface area contributed by atoms with Crippen LogP contribution in [0.5, 0.6) is 11.5 Å². The molecule has 0 radical (unpaired) electrons. The maximum absolute atomic E-state index is 11.5. The molecule has 0 fully saturated rings. The molecule has 9 nitrogen and oxygen atoms in total. The molecule has 0 spiro atoms. The van der Waals surface area contributed by atoms with Crippen molar-refractivity contribution < 1.29 is 24.9 Å². The number of hydrogen-bond donors (Lipinski definition) is 6. The number of carboxylic acid groups (broad SMARTS) is 1. The fourth-order valence-corrected chi connectivity index (χ4v) is 1.92. The third-order valence-electron chi connectivity index (χ3n) is 2.76. The Kier molecular flexibility index (Phi) is 5.56. The molecule has 120 valence electrons. The molecule has 22 heavy (non-hydrogen) atoms. The maximum atomic E-state index is 11.5. The summed E-state index contributed by atoms with van der Waals surface area (Å²) in [6.07, 6.45) is -0.189. The average Bonchev–Trinajstić information content (AvgIpc) is 2.34. The molecular weight excluding hydrogens is 292 g/mol. The summed E-state index contributed by atoms with van der Waals surface area (Å²) < 4.78 is 0. The first kappa shape index (κ1) is 17.1. The van der Waals surface area contributed by atoms with Crippen molar-refractivity contribution in [3.8, 4) is 11.5 Å². The minimum Gasteiger partial charge on any atom is -0.507 e. The number of aromatic hydroxyl groups is 2. The molecule has 0 saturated heterocycles. The lowest BCUT2D eigenvalue weighted by molar-refractivity contribution is -0.137. The highest BCUT2D eigenvalue weighted by Crippen LogP contribution is 2.35. The molecule has 0 aliphatic carbocycles. The number of benzene rings is 1. The Morgan fingerprint density at radius 1 is 1.27 bits per heavy atom. The minimum absolute atomic E-state index is 0.128. The Morgan fingerprint density at radius 3 is 2.27 bits per heavy atom. The van der Waals surface area contributed by atoms with Crippen LogP contribution in [0.1, 0.15) is 24.1 Å². The van der Waals surface area contributed by atoms with Crippen molar-refractivity contribution in [1.82, 2.24) is 5.32 Å². The van der Waals surface area contributed by atoms with Gasteiger partial charge in [0, 0.05) is 0 Å². The molecule has 1 amide bonds. The first-order chi connectivity index (χ1) is 10.2. The van der Waals surface area contributed by atoms with Crippen molar-refractivity contribution in [3.63, 3.8) is 0 Å². The van der Waals surface area contributed by atoms with Crippen molar-refractivity contribution in [2.45, 2.75) is 19.4 Å². The third kappa shape index (κ3) is 4.85. The monoisotopic (exact) mass is 310 g/mol. The number of nitrogens with one attached hydrogen (secondary N) is 1. The van der Waals surface area contributed by atoms with Crippen LogP contribution in [0.2, 0.25) is 0 Å². The lowest BCUT2D eigenvalue weighted by Crippen LogP contribution is -2.30. The number of aliphatic carboxylic acids is 1. The largest absolute Gasteiger partial charge is 0.507 e. The van der Waals surface area contributed by atoms with Gasteiger partial charge in [-0.15, -0.1) is 0 Å². The van der Waals surface area contributed by atoms with E-state index in [4.69, 9.17) is 16.6 Å². The van der Waals surface area contributed by atoms with E-state index in [1.54, 1.807) is 6.92 Å². The van der Waals surface area contributed by atoms with Crippen molar-refractivity contribution in [1.29, 1.82) is 0 Å². The zero-order chi connectivity index (χ0) is 16.9. The van der Waals surface area contributed by atoms with Crippen LogP contribution < -0.4 is 16.8 Å². The second kappa shape index (κ2) is 7.16. The number of hydrogen-bond acceptors (Lipinski definition) is 5. The van der Waals surface area contributed by atoms with E-state index in [9.17, 15) is 19.8 Å². The number of phenolic OH excluding ortho intramolecular Hbond substituents is 2. The second-order valence-corrected chi connectivity index (χ2v) is 4.62. The molecule has 8 N–H and O–H groups in total. The van der Waals surface area contributed by atoms with Crippen molar-refractivity contribution >= 4 is 17.8 Å². The SMILES string of the molecule is CC(N=C(N)N)c1c(O)cc(CC(=O)NCC(=O)O)cc1O. The van der Waals surface area contributed by atoms with Gasteiger partial charge in [-0.1, -0.05) is 0 Å². The summed E-state index contributed by atoms with van der Waals surface area (Å²) in [5.74, 6) is -2.44. The topological polar surface area (TPSA) is 171 Å². The van der Waals surface area contributed by atoms with E-state index in [1.165, 1.54) is 12.1 Å². The molecule has 0 heterocycles. The Bertz CT molecular complexity index is 587. The van der Waals surface area contributed by atoms with Crippen LogP contribution in [0.25, 0.3) is 0 Å². The normalized spacial score (nSPS) is 11.5. The summed E-state index contributed by atoms with van der Waals surface area (Å²) in [6, 6.07) is 1.90. The lowest BCUT2D eigenvalue weighted by Gasteiger charge is -2.13. The fraction of sp³-hybridized carbons (Fsp3) is 0.308. The van der Waals surface area contributed by atoms with Crippen LogP contribution in [-0.2, 0) is 16.0 Å². The number of rotatable bonds is 6. The van der Waals surface area contributed by atoms with Gasteiger partial charge < -0.3 is 32.1 Å². The van der Waals surface area contributed by atoms with E-state index in [1.807, 2.05) is 0 Å². The molecular formula is C13H18N4O5. The highest BCUT2D eigenvalue weighted by molar-refractivity contribution is 5.83. The number of carbonyl (C=O) groups excluding carboxylic acids is 1. The van der Waals surface area contributed by atoms with E-state index in [2.05, 4.69) is 10.3 Å². The van der Waals surface area contributed by atoms with Gasteiger partial charge >= 0.3 is 5.97 Å². The number of nitrogens with zero attached hydrogens (tertiary/aromatic N) is 1. The summed E-state index contributed by atoms with van der Waals surface area (Å²) in [6.45, 7) is 1.07. The van der Waals surface area contributed by atoms with Crippen molar-refractivity contribution in [3.05, 3.63) is 23.3 Å². The average molecular weight is 310 g/mol. The minimum atomic E-state index is -1.17. The van der Waals surface area contributed by atoms with Crippen molar-refractivity contribution in [2.75, 3.05) is 6.54 Å². The first-order valence-electron chi connectivity index (χ1n) is 6.32. The second-order valence-electron chi connectivity index (χ2n) is 4.62. The van der Waals surface area contributed by atoms with Crippen LogP contribution in [0.15, 0.2) is 17.1 Å². The Hall–Kier alpha value is -2.97. The van der Waals surface area contributed by atoms with E-state index < -0.39 is 24.5 Å². The number of carbonyl (C=O) groups is 2. The van der Waals surface area contributed by atoms with Gasteiger partial charge in [-0.25, -0.2) is 4.99 Å². The lowest BCUT2D eigenvalue weighted by atomic mass is 10.0. The number of carboxylic acids is 1. The number of nitrogens with two attached hydrogens (primary N) is 2. The van der Waals surface area contributed by atoms with Crippen LogP contribution >= 0.6 is 0 Å². The predicted octanol–water partition coefficient (Wildman–Crippen LogP) is -0.824. The molecule has 0 aromatic heterocycles.